The van der Waals surface area contributed by atoms with Gasteiger partial charge in [-0.2, -0.15) is 4.68 Å². The van der Waals surface area contributed by atoms with E-state index in [2.05, 4.69) is 20.7 Å². The third-order valence-electron chi connectivity index (χ3n) is 2.54. The van der Waals surface area contributed by atoms with Crippen LogP contribution in [0.1, 0.15) is 10.6 Å². The molecule has 0 amide bonds. The summed E-state index contributed by atoms with van der Waals surface area (Å²) in [5, 5.41) is 3.64. The zero-order valence-electron chi connectivity index (χ0n) is 11.2. The molecule has 0 aliphatic carbocycles. The molecule has 1 heterocycles. The summed E-state index contributed by atoms with van der Waals surface area (Å²) in [4.78, 5) is 25.3. The van der Waals surface area contributed by atoms with E-state index in [1.165, 1.54) is 0 Å². The van der Waals surface area contributed by atoms with Crippen molar-refractivity contribution in [3.8, 4) is 23.8 Å². The van der Waals surface area contributed by atoms with Crippen LogP contribution < -0.4 is 10.4 Å². The van der Waals surface area contributed by atoms with Gasteiger partial charge < -0.3 is 9.47 Å². The van der Waals surface area contributed by atoms with Crippen molar-refractivity contribution in [2.24, 2.45) is 0 Å². The molecule has 0 unspecified atom stereocenters. The molecule has 0 bridgehead atoms. The smallest absolute Gasteiger partial charge is 0.376 e. The number of hydrogen-bond donors (Lipinski definition) is 1. The maximum Gasteiger partial charge on any atom is 0.376 e. The number of H-pyrrole nitrogens is 1. The molecule has 7 nitrogen and oxygen atoms in total. The fourth-order valence-corrected chi connectivity index (χ4v) is 1.79. The number of aromatic nitrogens is 3. The van der Waals surface area contributed by atoms with Crippen molar-refractivity contribution in [1.82, 2.24) is 14.8 Å². The summed E-state index contributed by atoms with van der Waals surface area (Å²) >= 11 is 5.82. The summed E-state index contributed by atoms with van der Waals surface area (Å²) in [6, 6.07) is 2.10. The SMILES string of the molecule is C#CCOc1cc(-n2nc(C(=O)OC)[nH]c2=O)c(F)cc1Cl. The number of hydrogen-bond acceptors (Lipinski definition) is 5. The zero-order chi connectivity index (χ0) is 16.3. The van der Waals surface area contributed by atoms with Crippen LogP contribution in [0.25, 0.3) is 5.69 Å². The van der Waals surface area contributed by atoms with Gasteiger partial charge in [-0.15, -0.1) is 11.5 Å². The van der Waals surface area contributed by atoms with Crippen LogP contribution in [0.3, 0.4) is 0 Å². The van der Waals surface area contributed by atoms with Crippen LogP contribution in [-0.4, -0.2) is 34.5 Å². The molecule has 0 aliphatic heterocycles. The Labute approximate surface area is 128 Å². The Morgan fingerprint density at radius 1 is 1.59 bits per heavy atom. The second kappa shape index (κ2) is 6.32. The first-order valence-corrected chi connectivity index (χ1v) is 6.19. The number of rotatable bonds is 4. The molecule has 2 rings (SSSR count). The van der Waals surface area contributed by atoms with Crippen LogP contribution in [0.4, 0.5) is 4.39 Å². The summed E-state index contributed by atoms with van der Waals surface area (Å²) in [5.74, 6) is 0.239. The summed E-state index contributed by atoms with van der Waals surface area (Å²) in [6.07, 6.45) is 5.07. The van der Waals surface area contributed by atoms with E-state index in [9.17, 15) is 14.0 Å². The van der Waals surface area contributed by atoms with Gasteiger partial charge in [-0.1, -0.05) is 17.5 Å². The van der Waals surface area contributed by atoms with Gasteiger partial charge in [-0.25, -0.2) is 14.0 Å². The second-order valence-electron chi connectivity index (χ2n) is 3.91. The lowest BCUT2D eigenvalue weighted by Gasteiger charge is -2.08. The van der Waals surface area contributed by atoms with Crippen LogP contribution >= 0.6 is 11.6 Å². The average Bonchev–Trinajstić information content (AvgIpc) is 2.87. The molecule has 0 saturated heterocycles. The van der Waals surface area contributed by atoms with Gasteiger partial charge in [0.1, 0.15) is 18.0 Å². The maximum absolute atomic E-state index is 14.0. The molecule has 1 N–H and O–H groups in total. The van der Waals surface area contributed by atoms with Crippen molar-refractivity contribution in [3.05, 3.63) is 39.3 Å². The van der Waals surface area contributed by atoms with Crippen LogP contribution in [0.2, 0.25) is 5.02 Å². The molecule has 0 spiro atoms. The van der Waals surface area contributed by atoms with Crippen molar-refractivity contribution in [3.63, 3.8) is 0 Å². The largest absolute Gasteiger partial charge is 0.479 e. The standard InChI is InChI=1S/C13H9ClFN3O4/c1-3-4-22-10-6-9(8(15)5-7(10)14)18-13(20)16-11(17-18)12(19)21-2/h1,5-6H,4H2,2H3,(H,16,17,20). The van der Waals surface area contributed by atoms with E-state index in [0.717, 1.165) is 19.2 Å². The van der Waals surface area contributed by atoms with Crippen LogP contribution in [0, 0.1) is 18.2 Å². The van der Waals surface area contributed by atoms with Crippen molar-refractivity contribution in [2.45, 2.75) is 0 Å². The number of terminal acetylenes is 1. The van der Waals surface area contributed by atoms with E-state index in [4.69, 9.17) is 22.8 Å². The lowest BCUT2D eigenvalue weighted by Crippen LogP contribution is -2.17. The van der Waals surface area contributed by atoms with Crippen molar-refractivity contribution < 1.29 is 18.7 Å². The molecule has 22 heavy (non-hydrogen) atoms. The highest BCUT2D eigenvalue weighted by Crippen LogP contribution is 2.29. The number of carbonyl (C=O) groups excluding carboxylic acids is 1. The highest BCUT2D eigenvalue weighted by molar-refractivity contribution is 6.32. The van der Waals surface area contributed by atoms with Gasteiger partial charge in [-0.3, -0.25) is 4.98 Å². The summed E-state index contributed by atoms with van der Waals surface area (Å²) in [7, 11) is 1.12. The number of esters is 1. The fourth-order valence-electron chi connectivity index (χ4n) is 1.59. The molecule has 0 atom stereocenters. The lowest BCUT2D eigenvalue weighted by atomic mass is 10.3. The first-order valence-electron chi connectivity index (χ1n) is 5.81. The number of aromatic amines is 1. The molecule has 2 aromatic rings. The van der Waals surface area contributed by atoms with Crippen molar-refractivity contribution in [2.75, 3.05) is 13.7 Å². The van der Waals surface area contributed by atoms with E-state index in [0.29, 0.717) is 4.68 Å². The minimum absolute atomic E-state index is 0.0201. The molecule has 114 valence electrons. The monoisotopic (exact) mass is 325 g/mol. The molecular weight excluding hydrogens is 317 g/mol. The summed E-state index contributed by atoms with van der Waals surface area (Å²) < 4.78 is 24.2. The van der Waals surface area contributed by atoms with Gasteiger partial charge >= 0.3 is 11.7 Å². The second-order valence-corrected chi connectivity index (χ2v) is 4.32. The molecule has 1 aromatic carbocycles. The van der Waals surface area contributed by atoms with Crippen LogP contribution in [0.15, 0.2) is 16.9 Å². The Balaban J connectivity index is 2.53. The molecule has 1 aromatic heterocycles. The van der Waals surface area contributed by atoms with E-state index in [-0.39, 0.29) is 28.9 Å². The lowest BCUT2D eigenvalue weighted by molar-refractivity contribution is 0.0587. The Hall–Kier alpha value is -2.79. The van der Waals surface area contributed by atoms with Gasteiger partial charge in [0.2, 0.25) is 5.82 Å². The number of ether oxygens (including phenoxy) is 2. The van der Waals surface area contributed by atoms with Crippen LogP contribution in [0.5, 0.6) is 5.75 Å². The van der Waals surface area contributed by atoms with Gasteiger partial charge in [-0.05, 0) is 6.07 Å². The number of nitrogens with zero attached hydrogens (tertiary/aromatic N) is 2. The molecule has 0 radical (unpaired) electrons. The van der Waals surface area contributed by atoms with Gasteiger partial charge in [0.15, 0.2) is 5.82 Å². The Morgan fingerprint density at radius 2 is 2.32 bits per heavy atom. The van der Waals surface area contributed by atoms with E-state index >= 15 is 0 Å². The number of halogens is 2. The number of benzene rings is 1. The predicted octanol–water partition coefficient (Wildman–Crippen LogP) is 1.15. The minimum Gasteiger partial charge on any atom is -0.479 e. The van der Waals surface area contributed by atoms with Gasteiger partial charge in [0.05, 0.1) is 12.1 Å². The number of methoxy groups -OCH3 is 1. The number of nitrogens with one attached hydrogen (secondary N) is 1. The van der Waals surface area contributed by atoms with E-state index in [1.54, 1.807) is 0 Å². The fraction of sp³-hybridized carbons (Fsp3) is 0.154. The third kappa shape index (κ3) is 2.94. The zero-order valence-corrected chi connectivity index (χ0v) is 12.0. The molecule has 0 fully saturated rings. The van der Waals surface area contributed by atoms with Crippen molar-refractivity contribution in [1.29, 1.82) is 0 Å². The Kier molecular flexibility index (Phi) is 4.48. The highest BCUT2D eigenvalue weighted by Gasteiger charge is 2.18. The topological polar surface area (TPSA) is 86.2 Å². The van der Waals surface area contributed by atoms with Gasteiger partial charge in [0.25, 0.3) is 0 Å². The first-order chi connectivity index (χ1) is 10.5. The first kappa shape index (κ1) is 15.6. The molecule has 0 aliphatic rings. The maximum atomic E-state index is 14.0. The molecule has 0 saturated carbocycles. The summed E-state index contributed by atoms with van der Waals surface area (Å²) in [6.45, 7) is -0.0896. The van der Waals surface area contributed by atoms with Crippen LogP contribution in [-0.2, 0) is 4.74 Å². The highest BCUT2D eigenvalue weighted by atomic mass is 35.5. The average molecular weight is 326 g/mol. The van der Waals surface area contributed by atoms with Crippen molar-refractivity contribution >= 4 is 17.6 Å². The Bertz CT molecular complexity index is 822. The molecule has 9 heteroatoms. The van der Waals surface area contributed by atoms with Gasteiger partial charge in [0, 0.05) is 6.07 Å². The third-order valence-corrected chi connectivity index (χ3v) is 2.83. The van der Waals surface area contributed by atoms with E-state index in [1.807, 2.05) is 0 Å². The molecular formula is C13H9ClFN3O4. The normalized spacial score (nSPS) is 10.1. The number of carbonyl (C=O) groups is 1. The predicted molar refractivity (Wildman–Crippen MR) is 74.8 cm³/mol. The minimum atomic E-state index is -0.867. The van der Waals surface area contributed by atoms with E-state index < -0.39 is 17.5 Å². The quantitative estimate of drug-likeness (QED) is 0.673. The summed E-state index contributed by atoms with van der Waals surface area (Å²) in [5.41, 5.74) is -1.09. The Morgan fingerprint density at radius 3 is 2.95 bits per heavy atom.